The molecule has 13 heteroatoms. The molecule has 52 heavy (non-hydrogen) atoms. The highest BCUT2D eigenvalue weighted by atomic mass is 16.5. The monoisotopic (exact) mass is 710 g/mol. The van der Waals surface area contributed by atoms with Crippen molar-refractivity contribution >= 4 is 45.9 Å². The topological polar surface area (TPSA) is 144 Å². The number of methoxy groups -OCH3 is 1. The molecule has 2 aliphatic rings. The van der Waals surface area contributed by atoms with Gasteiger partial charge in [-0.3, -0.25) is 20.0 Å². The maximum Gasteiger partial charge on any atom is 0.411 e. The summed E-state index contributed by atoms with van der Waals surface area (Å²) in [5.41, 5.74) is 4.83. The van der Waals surface area contributed by atoms with Gasteiger partial charge in [0, 0.05) is 43.3 Å². The van der Waals surface area contributed by atoms with Crippen molar-refractivity contribution in [3.05, 3.63) is 78.1 Å². The number of fused-ring (bicyclic) bond motifs is 1. The number of nitrogens with zero attached hydrogens (tertiary/aromatic N) is 3. The molecule has 6 rings (SSSR count). The van der Waals surface area contributed by atoms with E-state index in [2.05, 4.69) is 33.0 Å². The van der Waals surface area contributed by atoms with E-state index in [1.165, 1.54) is 7.11 Å². The lowest BCUT2D eigenvalue weighted by Crippen LogP contribution is -2.43. The van der Waals surface area contributed by atoms with Crippen LogP contribution in [0, 0.1) is 0 Å². The molecule has 2 fully saturated rings. The van der Waals surface area contributed by atoms with Crippen molar-refractivity contribution in [2.75, 3.05) is 82.3 Å². The van der Waals surface area contributed by atoms with Gasteiger partial charge in [-0.1, -0.05) is 57.2 Å². The van der Waals surface area contributed by atoms with E-state index in [-0.39, 0.29) is 36.8 Å². The molecule has 3 N–H and O–H groups in total. The number of carbonyl (C=O) groups is 3. The molecule has 13 nitrogen and oxygen atoms in total. The maximum absolute atomic E-state index is 13.6. The summed E-state index contributed by atoms with van der Waals surface area (Å²) in [7, 11) is 1.46. The number of aromatic nitrogens is 1. The van der Waals surface area contributed by atoms with Crippen LogP contribution in [0.2, 0.25) is 0 Å². The summed E-state index contributed by atoms with van der Waals surface area (Å²) in [5.74, 6) is 0.114. The first-order valence-corrected chi connectivity index (χ1v) is 17.5. The van der Waals surface area contributed by atoms with E-state index in [0.29, 0.717) is 30.2 Å². The lowest BCUT2D eigenvalue weighted by atomic mass is 9.86. The average molecular weight is 711 g/mol. The largest absolute Gasteiger partial charge is 0.492 e. The first kappa shape index (κ1) is 36.5. The summed E-state index contributed by atoms with van der Waals surface area (Å²) in [5, 5.41) is 10.5. The van der Waals surface area contributed by atoms with Crippen molar-refractivity contribution in [2.24, 2.45) is 0 Å². The molecule has 0 aliphatic carbocycles. The van der Waals surface area contributed by atoms with Gasteiger partial charge in [-0.2, -0.15) is 0 Å². The normalized spacial score (nSPS) is 15.3. The van der Waals surface area contributed by atoms with Crippen LogP contribution in [0.25, 0.3) is 21.9 Å². The van der Waals surface area contributed by atoms with Crippen molar-refractivity contribution in [1.82, 2.24) is 14.8 Å². The zero-order valence-corrected chi connectivity index (χ0v) is 30.1. The van der Waals surface area contributed by atoms with E-state index in [0.717, 1.165) is 66.0 Å². The Bertz CT molecular complexity index is 1900. The third-order valence-electron chi connectivity index (χ3n) is 9.12. The predicted molar refractivity (Wildman–Crippen MR) is 200 cm³/mol. The van der Waals surface area contributed by atoms with Gasteiger partial charge in [0.2, 0.25) is 5.91 Å². The number of morpholine rings is 2. The standard InChI is InChI=1S/C39H46N6O7/c1-39(2,3)27-21-33(36(49-4)34(22-27)43-38(48)52-20-16-45-15-19-51-25-35(45)46)42-37(47)41-32-12-11-29(30-7-5-6-8-31(30)32)26-9-10-28(40-23-26)24-44-13-17-50-18-14-44/h5-12,21-23H,13-20,24-25H2,1-4H3,(H,43,48)(H2,41,42,47). The van der Waals surface area contributed by atoms with Crippen molar-refractivity contribution in [3.63, 3.8) is 0 Å². The molecule has 0 unspecified atom stereocenters. The predicted octanol–water partition coefficient (Wildman–Crippen LogP) is 6.09. The third kappa shape index (κ3) is 8.97. The molecule has 0 radical (unpaired) electrons. The second kappa shape index (κ2) is 16.4. The van der Waals surface area contributed by atoms with Gasteiger partial charge in [0.25, 0.3) is 0 Å². The summed E-state index contributed by atoms with van der Waals surface area (Å²) in [6.45, 7) is 11.4. The van der Waals surface area contributed by atoms with Crippen molar-refractivity contribution < 1.29 is 33.3 Å². The molecule has 0 atom stereocenters. The second-order valence-electron chi connectivity index (χ2n) is 13.8. The van der Waals surface area contributed by atoms with Crippen LogP contribution in [0.1, 0.15) is 32.0 Å². The lowest BCUT2D eigenvalue weighted by Gasteiger charge is -2.26. The van der Waals surface area contributed by atoms with E-state index < -0.39 is 12.1 Å². The van der Waals surface area contributed by atoms with Crippen LogP contribution in [0.3, 0.4) is 0 Å². The molecular weight excluding hydrogens is 664 g/mol. The van der Waals surface area contributed by atoms with Crippen LogP contribution in [-0.2, 0) is 31.0 Å². The molecule has 1 aromatic heterocycles. The highest BCUT2D eigenvalue weighted by molar-refractivity contribution is 6.10. The third-order valence-corrected chi connectivity index (χ3v) is 9.12. The van der Waals surface area contributed by atoms with Gasteiger partial charge < -0.3 is 34.5 Å². The van der Waals surface area contributed by atoms with Crippen LogP contribution < -0.4 is 20.7 Å². The Labute approximate surface area is 303 Å². The fourth-order valence-electron chi connectivity index (χ4n) is 6.25. The molecule has 274 valence electrons. The Balaban J connectivity index is 1.17. The number of carbonyl (C=O) groups excluding carboxylic acids is 3. The molecule has 0 bridgehead atoms. The minimum absolute atomic E-state index is 0.00978. The summed E-state index contributed by atoms with van der Waals surface area (Å²) in [6.07, 6.45) is 1.19. The molecule has 3 aromatic carbocycles. The number of hydrogen-bond acceptors (Lipinski definition) is 9. The van der Waals surface area contributed by atoms with Gasteiger partial charge in [-0.15, -0.1) is 0 Å². The fourth-order valence-corrected chi connectivity index (χ4v) is 6.25. The zero-order chi connectivity index (χ0) is 36.7. The summed E-state index contributed by atoms with van der Waals surface area (Å²) >= 11 is 0. The molecule has 4 aromatic rings. The molecule has 2 aliphatic heterocycles. The van der Waals surface area contributed by atoms with E-state index in [1.54, 1.807) is 11.0 Å². The van der Waals surface area contributed by atoms with E-state index in [9.17, 15) is 14.4 Å². The maximum atomic E-state index is 13.6. The van der Waals surface area contributed by atoms with Crippen LogP contribution in [0.4, 0.5) is 26.7 Å². The Kier molecular flexibility index (Phi) is 11.5. The number of nitrogens with one attached hydrogen (secondary N) is 3. The number of rotatable bonds is 10. The van der Waals surface area contributed by atoms with E-state index in [4.69, 9.17) is 23.9 Å². The number of anilines is 3. The number of hydrogen-bond donors (Lipinski definition) is 3. The lowest BCUT2D eigenvalue weighted by molar-refractivity contribution is -0.143. The molecular formula is C39H46N6O7. The first-order chi connectivity index (χ1) is 25.1. The summed E-state index contributed by atoms with van der Waals surface area (Å²) in [6, 6.07) is 19.1. The first-order valence-electron chi connectivity index (χ1n) is 17.5. The van der Waals surface area contributed by atoms with Crippen LogP contribution in [0.5, 0.6) is 5.75 Å². The van der Waals surface area contributed by atoms with Gasteiger partial charge in [-0.25, -0.2) is 9.59 Å². The molecule has 0 saturated carbocycles. The summed E-state index contributed by atoms with van der Waals surface area (Å²) in [4.78, 5) is 47.2. The number of amides is 4. The van der Waals surface area contributed by atoms with E-state index in [1.807, 2.05) is 69.4 Å². The van der Waals surface area contributed by atoms with Gasteiger partial charge in [0.15, 0.2) is 5.75 Å². The number of urea groups is 1. The molecule has 2 saturated heterocycles. The Morgan fingerprint density at radius 2 is 1.58 bits per heavy atom. The molecule has 4 amide bonds. The SMILES string of the molecule is COc1c(NC(=O)Nc2ccc(-c3ccc(CN4CCOCC4)nc3)c3ccccc23)cc(C(C)(C)C)cc1NC(=O)OCCN1CCOCC1=O. The van der Waals surface area contributed by atoms with Gasteiger partial charge in [-0.05, 0) is 46.2 Å². The zero-order valence-electron chi connectivity index (χ0n) is 30.1. The number of ether oxygens (including phenoxy) is 4. The Hall–Kier alpha value is -5.24. The molecule has 3 heterocycles. The summed E-state index contributed by atoms with van der Waals surface area (Å²) < 4.78 is 21.7. The minimum atomic E-state index is -0.714. The number of pyridine rings is 1. The van der Waals surface area contributed by atoms with Gasteiger partial charge in [0.1, 0.15) is 13.2 Å². The van der Waals surface area contributed by atoms with Crippen LogP contribution >= 0.6 is 0 Å². The smallest absolute Gasteiger partial charge is 0.411 e. The van der Waals surface area contributed by atoms with Crippen molar-refractivity contribution in [1.29, 1.82) is 0 Å². The Morgan fingerprint density at radius 1 is 0.865 bits per heavy atom. The van der Waals surface area contributed by atoms with Crippen molar-refractivity contribution in [2.45, 2.75) is 32.7 Å². The van der Waals surface area contributed by atoms with Crippen molar-refractivity contribution in [3.8, 4) is 16.9 Å². The highest BCUT2D eigenvalue weighted by Crippen LogP contribution is 2.39. The Morgan fingerprint density at radius 3 is 2.27 bits per heavy atom. The fraction of sp³-hybridized carbons (Fsp3) is 0.385. The second-order valence-corrected chi connectivity index (χ2v) is 13.8. The van der Waals surface area contributed by atoms with Crippen LogP contribution in [-0.4, -0.2) is 99.1 Å². The minimum Gasteiger partial charge on any atom is -0.492 e. The highest BCUT2D eigenvalue weighted by Gasteiger charge is 2.23. The quantitative estimate of drug-likeness (QED) is 0.178. The molecule has 0 spiro atoms. The van der Waals surface area contributed by atoms with E-state index >= 15 is 0 Å². The number of benzene rings is 3. The van der Waals surface area contributed by atoms with Gasteiger partial charge >= 0.3 is 12.1 Å². The van der Waals surface area contributed by atoms with Gasteiger partial charge in [0.05, 0.1) is 56.2 Å². The van der Waals surface area contributed by atoms with Crippen LogP contribution in [0.15, 0.2) is 66.9 Å². The average Bonchev–Trinajstić information content (AvgIpc) is 3.13.